The Morgan fingerprint density at radius 2 is 1.80 bits per heavy atom. The van der Waals surface area contributed by atoms with E-state index in [1.807, 2.05) is 48.5 Å². The van der Waals surface area contributed by atoms with Crippen LogP contribution in [-0.2, 0) is 6.42 Å². The van der Waals surface area contributed by atoms with Gasteiger partial charge in [0.15, 0.2) is 0 Å². The second kappa shape index (κ2) is 8.53. The average Bonchev–Trinajstić information content (AvgIpc) is 3.11. The Hall–Kier alpha value is -2.53. The van der Waals surface area contributed by atoms with Crippen molar-refractivity contribution in [2.24, 2.45) is 0 Å². The topological polar surface area (TPSA) is 64.6 Å². The predicted octanol–water partition coefficient (Wildman–Crippen LogP) is 2.17. The molecule has 0 aromatic heterocycles. The highest BCUT2D eigenvalue weighted by Gasteiger charge is 2.24. The molecular weight excluding hydrogens is 314 g/mol. The molecular formula is C20H25N3O2. The number of hydrogen-bond donors (Lipinski definition) is 3. The van der Waals surface area contributed by atoms with Crippen molar-refractivity contribution in [2.45, 2.75) is 24.9 Å². The van der Waals surface area contributed by atoms with Crippen LogP contribution in [0.15, 0.2) is 60.7 Å². The minimum atomic E-state index is -0.283. The number of aliphatic hydroxyl groups is 1. The van der Waals surface area contributed by atoms with Crippen LogP contribution in [0.25, 0.3) is 0 Å². The van der Waals surface area contributed by atoms with E-state index in [-0.39, 0.29) is 24.7 Å². The van der Waals surface area contributed by atoms with E-state index in [1.54, 1.807) is 0 Å². The Morgan fingerprint density at radius 3 is 2.48 bits per heavy atom. The number of para-hydroxylation sites is 1. The number of nitrogens with one attached hydrogen (secondary N) is 2. The maximum Gasteiger partial charge on any atom is 0.315 e. The van der Waals surface area contributed by atoms with Gasteiger partial charge >= 0.3 is 6.03 Å². The number of hydrogen-bond acceptors (Lipinski definition) is 3. The van der Waals surface area contributed by atoms with Gasteiger partial charge in [-0.3, -0.25) is 0 Å². The van der Waals surface area contributed by atoms with Crippen molar-refractivity contribution in [1.29, 1.82) is 0 Å². The number of aliphatic hydroxyl groups excluding tert-OH is 1. The van der Waals surface area contributed by atoms with Crippen LogP contribution in [-0.4, -0.2) is 42.9 Å². The van der Waals surface area contributed by atoms with Crippen LogP contribution in [0.1, 0.15) is 12.0 Å². The van der Waals surface area contributed by atoms with Crippen LogP contribution >= 0.6 is 0 Å². The zero-order chi connectivity index (χ0) is 17.5. The standard InChI is InChI=1S/C20H25N3O2/c24-15-18(13-16-7-3-1-4-8-16)22-20(25)21-17-11-12-23(14-17)19-9-5-2-6-10-19/h1-10,17-18,24H,11-15H2,(H2,21,22,25)/t17-,18-/m0/s1. The van der Waals surface area contributed by atoms with E-state index in [0.29, 0.717) is 6.42 Å². The minimum absolute atomic E-state index is 0.0802. The Kier molecular flexibility index (Phi) is 5.90. The fourth-order valence-corrected chi connectivity index (χ4v) is 3.22. The molecule has 1 fully saturated rings. The number of rotatable bonds is 6. The van der Waals surface area contributed by atoms with Gasteiger partial charge in [0.1, 0.15) is 0 Å². The monoisotopic (exact) mass is 339 g/mol. The van der Waals surface area contributed by atoms with Gasteiger partial charge in [-0.2, -0.15) is 0 Å². The van der Waals surface area contributed by atoms with Crippen LogP contribution in [0.2, 0.25) is 0 Å². The Balaban J connectivity index is 1.47. The van der Waals surface area contributed by atoms with E-state index in [9.17, 15) is 9.90 Å². The summed E-state index contributed by atoms with van der Waals surface area (Å²) < 4.78 is 0. The van der Waals surface area contributed by atoms with E-state index < -0.39 is 0 Å². The van der Waals surface area contributed by atoms with Crippen molar-refractivity contribution in [3.63, 3.8) is 0 Å². The molecule has 3 N–H and O–H groups in total. The number of benzene rings is 2. The van der Waals surface area contributed by atoms with Crippen molar-refractivity contribution in [1.82, 2.24) is 10.6 Å². The van der Waals surface area contributed by atoms with Crippen LogP contribution in [0.3, 0.4) is 0 Å². The van der Waals surface area contributed by atoms with Crippen molar-refractivity contribution >= 4 is 11.7 Å². The first kappa shape index (κ1) is 17.3. The Bertz CT molecular complexity index is 663. The van der Waals surface area contributed by atoms with Gasteiger partial charge in [0, 0.05) is 24.8 Å². The maximum absolute atomic E-state index is 12.2. The first-order valence-corrected chi connectivity index (χ1v) is 8.76. The van der Waals surface area contributed by atoms with E-state index in [2.05, 4.69) is 27.7 Å². The molecule has 1 aliphatic heterocycles. The smallest absolute Gasteiger partial charge is 0.315 e. The van der Waals surface area contributed by atoms with Gasteiger partial charge < -0.3 is 20.6 Å². The van der Waals surface area contributed by atoms with E-state index >= 15 is 0 Å². The minimum Gasteiger partial charge on any atom is -0.394 e. The largest absolute Gasteiger partial charge is 0.394 e. The molecule has 0 aliphatic carbocycles. The molecule has 2 amide bonds. The molecule has 1 heterocycles. The summed E-state index contributed by atoms with van der Waals surface area (Å²) in [4.78, 5) is 14.5. The van der Waals surface area contributed by atoms with Crippen molar-refractivity contribution in [3.05, 3.63) is 66.2 Å². The van der Waals surface area contributed by atoms with Gasteiger partial charge in [-0.1, -0.05) is 48.5 Å². The first-order valence-electron chi connectivity index (χ1n) is 8.76. The molecule has 1 aliphatic rings. The summed E-state index contributed by atoms with van der Waals surface area (Å²) in [5.74, 6) is 0. The summed E-state index contributed by atoms with van der Waals surface area (Å²) in [6.45, 7) is 1.66. The molecule has 0 spiro atoms. The predicted molar refractivity (Wildman–Crippen MR) is 99.7 cm³/mol. The zero-order valence-corrected chi connectivity index (χ0v) is 14.3. The van der Waals surface area contributed by atoms with Gasteiger partial charge in [0.05, 0.1) is 12.6 Å². The number of anilines is 1. The molecule has 3 rings (SSSR count). The first-order chi connectivity index (χ1) is 12.2. The van der Waals surface area contributed by atoms with Gasteiger partial charge in [-0.25, -0.2) is 4.79 Å². The van der Waals surface area contributed by atoms with Crippen LogP contribution in [0.4, 0.5) is 10.5 Å². The summed E-state index contributed by atoms with van der Waals surface area (Å²) in [6, 6.07) is 19.7. The van der Waals surface area contributed by atoms with Crippen molar-refractivity contribution in [2.75, 3.05) is 24.6 Å². The lowest BCUT2D eigenvalue weighted by atomic mass is 10.1. The Morgan fingerprint density at radius 1 is 1.12 bits per heavy atom. The summed E-state index contributed by atoms with van der Waals surface area (Å²) >= 11 is 0. The number of urea groups is 1. The number of carbonyl (C=O) groups excluding carboxylic acids is 1. The lowest BCUT2D eigenvalue weighted by molar-refractivity contribution is 0.213. The SMILES string of the molecule is O=C(N[C@H](CO)Cc1ccccc1)N[C@H]1CCN(c2ccccc2)C1. The molecule has 1 saturated heterocycles. The highest BCUT2D eigenvalue weighted by molar-refractivity contribution is 5.74. The highest BCUT2D eigenvalue weighted by Crippen LogP contribution is 2.19. The van der Waals surface area contributed by atoms with Gasteiger partial charge in [-0.15, -0.1) is 0 Å². The number of nitrogens with zero attached hydrogens (tertiary/aromatic N) is 1. The third kappa shape index (κ3) is 4.97. The molecule has 2 aromatic rings. The van der Waals surface area contributed by atoms with Crippen molar-refractivity contribution < 1.29 is 9.90 Å². The third-order valence-corrected chi connectivity index (χ3v) is 4.53. The molecule has 132 valence electrons. The van der Waals surface area contributed by atoms with Crippen LogP contribution in [0, 0.1) is 0 Å². The van der Waals surface area contributed by atoms with Crippen molar-refractivity contribution in [3.8, 4) is 0 Å². The van der Waals surface area contributed by atoms with Gasteiger partial charge in [0.25, 0.3) is 0 Å². The summed E-state index contributed by atoms with van der Waals surface area (Å²) in [5, 5.41) is 15.4. The summed E-state index contributed by atoms with van der Waals surface area (Å²) in [5.41, 5.74) is 2.28. The second-order valence-corrected chi connectivity index (χ2v) is 6.45. The van der Waals surface area contributed by atoms with E-state index in [0.717, 1.165) is 25.1 Å². The van der Waals surface area contributed by atoms with Crippen LogP contribution in [0.5, 0.6) is 0 Å². The fourth-order valence-electron chi connectivity index (χ4n) is 3.22. The quantitative estimate of drug-likeness (QED) is 0.756. The van der Waals surface area contributed by atoms with Crippen LogP contribution < -0.4 is 15.5 Å². The molecule has 25 heavy (non-hydrogen) atoms. The average molecular weight is 339 g/mol. The second-order valence-electron chi connectivity index (χ2n) is 6.45. The lowest BCUT2D eigenvalue weighted by Crippen LogP contribution is -2.48. The number of amides is 2. The van der Waals surface area contributed by atoms with E-state index in [4.69, 9.17) is 0 Å². The number of carbonyl (C=O) groups is 1. The third-order valence-electron chi connectivity index (χ3n) is 4.53. The summed E-state index contributed by atoms with van der Waals surface area (Å²) in [6.07, 6.45) is 1.54. The molecule has 2 aromatic carbocycles. The van der Waals surface area contributed by atoms with E-state index in [1.165, 1.54) is 5.69 Å². The molecule has 5 heteroatoms. The molecule has 5 nitrogen and oxygen atoms in total. The lowest BCUT2D eigenvalue weighted by Gasteiger charge is -2.21. The molecule has 0 unspecified atom stereocenters. The summed E-state index contributed by atoms with van der Waals surface area (Å²) in [7, 11) is 0. The molecule has 0 radical (unpaired) electrons. The fraction of sp³-hybridized carbons (Fsp3) is 0.350. The highest BCUT2D eigenvalue weighted by atomic mass is 16.3. The van der Waals surface area contributed by atoms with Gasteiger partial charge in [0.2, 0.25) is 0 Å². The zero-order valence-electron chi connectivity index (χ0n) is 14.3. The molecule has 2 atom stereocenters. The maximum atomic E-state index is 12.2. The molecule has 0 bridgehead atoms. The molecule has 0 saturated carbocycles. The van der Waals surface area contributed by atoms with Gasteiger partial charge in [-0.05, 0) is 30.5 Å². The Labute approximate surface area is 148 Å². The normalized spacial score (nSPS) is 18.0.